The summed E-state index contributed by atoms with van der Waals surface area (Å²) in [6, 6.07) is 2.22. The van der Waals surface area contributed by atoms with E-state index in [9.17, 15) is 18.0 Å². The van der Waals surface area contributed by atoms with Crippen LogP contribution < -0.4 is 0 Å². The van der Waals surface area contributed by atoms with E-state index in [0.29, 0.717) is 19.0 Å². The zero-order valence-electron chi connectivity index (χ0n) is 14.6. The van der Waals surface area contributed by atoms with Crippen molar-refractivity contribution in [3.63, 3.8) is 0 Å². The van der Waals surface area contributed by atoms with E-state index >= 15 is 0 Å². The minimum Gasteiger partial charge on any atom is -0.337 e. The molecule has 0 aliphatic carbocycles. The van der Waals surface area contributed by atoms with E-state index in [0.717, 1.165) is 44.6 Å². The first-order chi connectivity index (χ1) is 11.7. The largest absolute Gasteiger partial charge is 0.433 e. The third-order valence-electron chi connectivity index (χ3n) is 5.24. The molecular formula is C18H24F3N3O. The number of alkyl halides is 3. The molecule has 25 heavy (non-hydrogen) atoms. The molecule has 3 heterocycles. The molecule has 0 radical (unpaired) electrons. The highest BCUT2D eigenvalue weighted by molar-refractivity contribution is 5.94. The fourth-order valence-corrected chi connectivity index (χ4v) is 3.96. The van der Waals surface area contributed by atoms with Crippen LogP contribution >= 0.6 is 0 Å². The zero-order chi connectivity index (χ0) is 18.2. The lowest BCUT2D eigenvalue weighted by molar-refractivity contribution is -0.141. The SMILES string of the molecule is CC(C)CN1CC[C@@]12CCCN(C(=O)c1ccnc(C(F)(F)F)c1)C2. The molecule has 138 valence electrons. The molecule has 3 rings (SSSR count). The minimum absolute atomic E-state index is 0.0120. The highest BCUT2D eigenvalue weighted by atomic mass is 19.4. The van der Waals surface area contributed by atoms with E-state index in [1.165, 1.54) is 6.07 Å². The van der Waals surface area contributed by atoms with Crippen molar-refractivity contribution in [3.05, 3.63) is 29.6 Å². The maximum atomic E-state index is 12.8. The minimum atomic E-state index is -4.54. The molecule has 7 heteroatoms. The van der Waals surface area contributed by atoms with Crippen LogP contribution in [0.2, 0.25) is 0 Å². The molecule has 0 unspecified atom stereocenters. The van der Waals surface area contributed by atoms with Gasteiger partial charge in [-0.05, 0) is 37.3 Å². The number of piperidine rings is 1. The Hall–Kier alpha value is -1.63. The van der Waals surface area contributed by atoms with E-state index in [1.807, 2.05) is 0 Å². The van der Waals surface area contributed by atoms with Gasteiger partial charge in [0.2, 0.25) is 0 Å². The van der Waals surface area contributed by atoms with Crippen molar-refractivity contribution in [1.29, 1.82) is 0 Å². The molecule has 0 aromatic carbocycles. The lowest BCUT2D eigenvalue weighted by atomic mass is 9.77. The van der Waals surface area contributed by atoms with E-state index in [-0.39, 0.29) is 17.0 Å². The average Bonchev–Trinajstić information content (AvgIpc) is 2.57. The summed E-state index contributed by atoms with van der Waals surface area (Å²) in [5, 5.41) is 0. The Balaban J connectivity index is 1.75. The summed E-state index contributed by atoms with van der Waals surface area (Å²) in [4.78, 5) is 20.2. The number of likely N-dealkylation sites (tertiary alicyclic amines) is 2. The van der Waals surface area contributed by atoms with Crippen molar-refractivity contribution in [2.24, 2.45) is 5.92 Å². The van der Waals surface area contributed by atoms with Crippen molar-refractivity contribution < 1.29 is 18.0 Å². The second-order valence-corrected chi connectivity index (χ2v) is 7.57. The molecule has 4 nitrogen and oxygen atoms in total. The van der Waals surface area contributed by atoms with Crippen LogP contribution in [0.25, 0.3) is 0 Å². The van der Waals surface area contributed by atoms with Gasteiger partial charge in [0.15, 0.2) is 0 Å². The van der Waals surface area contributed by atoms with Gasteiger partial charge in [-0.15, -0.1) is 0 Å². The molecule has 2 saturated heterocycles. The molecular weight excluding hydrogens is 331 g/mol. The molecule has 1 amide bonds. The van der Waals surface area contributed by atoms with Crippen molar-refractivity contribution in [3.8, 4) is 0 Å². The first-order valence-corrected chi connectivity index (χ1v) is 8.79. The van der Waals surface area contributed by atoms with Crippen molar-refractivity contribution in [2.75, 3.05) is 26.2 Å². The summed E-state index contributed by atoms with van der Waals surface area (Å²) in [7, 11) is 0. The average molecular weight is 355 g/mol. The van der Waals surface area contributed by atoms with Gasteiger partial charge in [-0.1, -0.05) is 13.8 Å². The Bertz CT molecular complexity index is 647. The Morgan fingerprint density at radius 3 is 2.68 bits per heavy atom. The molecule has 1 aromatic heterocycles. The van der Waals surface area contributed by atoms with Gasteiger partial charge < -0.3 is 4.90 Å². The fourth-order valence-electron chi connectivity index (χ4n) is 3.96. The number of rotatable bonds is 3. The Morgan fingerprint density at radius 2 is 2.08 bits per heavy atom. The highest BCUT2D eigenvalue weighted by Crippen LogP contribution is 2.39. The van der Waals surface area contributed by atoms with Crippen LogP contribution in [0.5, 0.6) is 0 Å². The number of amides is 1. The molecule has 1 aromatic rings. The lowest BCUT2D eigenvalue weighted by Gasteiger charge is -2.57. The summed E-state index contributed by atoms with van der Waals surface area (Å²) in [5.74, 6) is 0.223. The smallest absolute Gasteiger partial charge is 0.337 e. The lowest BCUT2D eigenvalue weighted by Crippen LogP contribution is -2.67. The number of nitrogens with zero attached hydrogens (tertiary/aromatic N) is 3. The van der Waals surface area contributed by atoms with Gasteiger partial charge in [-0.2, -0.15) is 13.2 Å². The zero-order valence-corrected chi connectivity index (χ0v) is 14.6. The molecule has 0 N–H and O–H groups in total. The highest BCUT2D eigenvalue weighted by Gasteiger charge is 2.48. The second kappa shape index (κ2) is 6.59. The molecule has 0 saturated carbocycles. The van der Waals surface area contributed by atoms with Crippen LogP contribution in [0.4, 0.5) is 13.2 Å². The summed E-state index contributed by atoms with van der Waals surface area (Å²) < 4.78 is 38.5. The number of halogens is 3. The van der Waals surface area contributed by atoms with E-state index in [2.05, 4.69) is 23.7 Å². The normalized spacial score (nSPS) is 24.6. The van der Waals surface area contributed by atoms with Gasteiger partial charge in [0.05, 0.1) is 0 Å². The van der Waals surface area contributed by atoms with Crippen LogP contribution in [0.15, 0.2) is 18.3 Å². The van der Waals surface area contributed by atoms with Crippen molar-refractivity contribution >= 4 is 5.91 Å². The van der Waals surface area contributed by atoms with E-state index in [1.54, 1.807) is 4.90 Å². The number of pyridine rings is 1. The van der Waals surface area contributed by atoms with Crippen LogP contribution in [-0.2, 0) is 6.18 Å². The van der Waals surface area contributed by atoms with Crippen LogP contribution in [0.3, 0.4) is 0 Å². The molecule has 2 aliphatic heterocycles. The number of carbonyl (C=O) groups excluding carboxylic acids is 1. The summed E-state index contributed by atoms with van der Waals surface area (Å²) >= 11 is 0. The van der Waals surface area contributed by atoms with Crippen LogP contribution in [-0.4, -0.2) is 52.4 Å². The van der Waals surface area contributed by atoms with Gasteiger partial charge in [-0.3, -0.25) is 14.7 Å². The number of carbonyl (C=O) groups is 1. The van der Waals surface area contributed by atoms with E-state index in [4.69, 9.17) is 0 Å². The van der Waals surface area contributed by atoms with Gasteiger partial charge >= 0.3 is 6.18 Å². The quantitative estimate of drug-likeness (QED) is 0.833. The molecule has 2 aliphatic rings. The predicted octanol–water partition coefficient (Wildman–Crippen LogP) is 3.44. The first kappa shape index (κ1) is 18.2. The topological polar surface area (TPSA) is 36.4 Å². The van der Waals surface area contributed by atoms with Crippen molar-refractivity contribution in [2.45, 2.75) is 44.8 Å². The summed E-state index contributed by atoms with van der Waals surface area (Å²) in [6.45, 7) is 7.58. The molecule has 1 atom stereocenters. The Morgan fingerprint density at radius 1 is 1.32 bits per heavy atom. The molecule has 1 spiro atoms. The standard InChI is InChI=1S/C18H24F3N3O/c1-13(2)11-24-9-6-17(24)5-3-8-23(12-17)16(25)14-4-7-22-15(10-14)18(19,20)21/h4,7,10,13H,3,5-6,8-9,11-12H2,1-2H3/t17-/m1/s1. The maximum Gasteiger partial charge on any atom is 0.433 e. The predicted molar refractivity (Wildman–Crippen MR) is 88.1 cm³/mol. The Labute approximate surface area is 146 Å². The maximum absolute atomic E-state index is 12.8. The summed E-state index contributed by atoms with van der Waals surface area (Å²) in [6.07, 6.45) is -0.496. The van der Waals surface area contributed by atoms with Crippen LogP contribution in [0, 0.1) is 5.92 Å². The van der Waals surface area contributed by atoms with E-state index < -0.39 is 11.9 Å². The second-order valence-electron chi connectivity index (χ2n) is 7.57. The molecule has 0 bridgehead atoms. The van der Waals surface area contributed by atoms with Gasteiger partial charge in [-0.25, -0.2) is 0 Å². The molecule has 2 fully saturated rings. The monoisotopic (exact) mass is 355 g/mol. The number of aromatic nitrogens is 1. The summed E-state index contributed by atoms with van der Waals surface area (Å²) in [5.41, 5.74) is -0.942. The Kier molecular flexibility index (Phi) is 4.79. The van der Waals surface area contributed by atoms with Crippen molar-refractivity contribution in [1.82, 2.24) is 14.8 Å². The number of hydrogen-bond donors (Lipinski definition) is 0. The first-order valence-electron chi connectivity index (χ1n) is 8.79. The van der Waals surface area contributed by atoms with Gasteiger partial charge in [0.1, 0.15) is 5.69 Å². The third kappa shape index (κ3) is 3.66. The number of hydrogen-bond acceptors (Lipinski definition) is 3. The third-order valence-corrected chi connectivity index (χ3v) is 5.24. The fraction of sp³-hybridized carbons (Fsp3) is 0.667. The van der Waals surface area contributed by atoms with Gasteiger partial charge in [0.25, 0.3) is 5.91 Å². The van der Waals surface area contributed by atoms with Crippen LogP contribution in [0.1, 0.15) is 49.2 Å². The van der Waals surface area contributed by atoms with Gasteiger partial charge in [0, 0.05) is 43.5 Å².